The minimum Gasteiger partial charge on any atom is -0.396 e. The summed E-state index contributed by atoms with van der Waals surface area (Å²) in [5, 5.41) is 26.6. The van der Waals surface area contributed by atoms with E-state index in [1.54, 1.807) is 0 Å². The summed E-state index contributed by atoms with van der Waals surface area (Å²) in [6.45, 7) is 0. The zero-order valence-corrected chi connectivity index (χ0v) is 7.18. The van der Waals surface area contributed by atoms with Crippen LogP contribution in [-0.4, -0.2) is 16.3 Å². The summed E-state index contributed by atoms with van der Waals surface area (Å²) >= 11 is 0. The van der Waals surface area contributed by atoms with Crippen LogP contribution in [0.4, 0.5) is 10.1 Å². The van der Waals surface area contributed by atoms with Crippen LogP contribution in [0.15, 0.2) is 18.2 Å². The molecule has 0 aliphatic rings. The maximum Gasteiger partial charge on any atom is 0.170 e. The summed E-state index contributed by atoms with van der Waals surface area (Å²) in [4.78, 5) is 0. The zero-order chi connectivity index (χ0) is 10.7. The van der Waals surface area contributed by atoms with Gasteiger partial charge in [-0.2, -0.15) is 5.26 Å². The molecule has 4 N–H and O–H groups in total. The van der Waals surface area contributed by atoms with E-state index in [1.807, 2.05) is 0 Å². The summed E-state index contributed by atoms with van der Waals surface area (Å²) in [5.41, 5.74) is 4.94. The normalized spacial score (nSPS) is 14.4. The van der Waals surface area contributed by atoms with Gasteiger partial charge in [0.1, 0.15) is 6.10 Å². The molecular formula is C9H9FN2O2. The first-order valence-electron chi connectivity index (χ1n) is 3.87. The number of hydrogen-bond acceptors (Lipinski definition) is 4. The van der Waals surface area contributed by atoms with Gasteiger partial charge in [-0.1, -0.05) is 12.1 Å². The molecule has 0 aromatic heterocycles. The first-order chi connectivity index (χ1) is 6.57. The average molecular weight is 196 g/mol. The Bertz CT molecular complexity index is 376. The van der Waals surface area contributed by atoms with Crippen molar-refractivity contribution in [2.24, 2.45) is 0 Å². The van der Waals surface area contributed by atoms with Crippen molar-refractivity contribution in [1.29, 1.82) is 5.26 Å². The third-order valence-corrected chi connectivity index (χ3v) is 1.81. The number of anilines is 1. The van der Waals surface area contributed by atoms with Crippen LogP contribution in [0.3, 0.4) is 0 Å². The lowest BCUT2D eigenvalue weighted by Gasteiger charge is -2.13. The fourth-order valence-corrected chi connectivity index (χ4v) is 1.04. The highest BCUT2D eigenvalue weighted by atomic mass is 19.1. The standard InChI is InChI=1S/C9H9FN2O2/c10-8-5(2-1-3-6(8)12)9(14)7(13)4-11/h1-3,7,9,13-14H,12H2. The first kappa shape index (κ1) is 10.4. The molecule has 0 spiro atoms. The lowest BCUT2D eigenvalue weighted by molar-refractivity contribution is 0.0504. The smallest absolute Gasteiger partial charge is 0.170 e. The number of nitriles is 1. The highest BCUT2D eigenvalue weighted by Crippen LogP contribution is 2.23. The molecular weight excluding hydrogens is 187 g/mol. The number of benzene rings is 1. The topological polar surface area (TPSA) is 90.3 Å². The Morgan fingerprint density at radius 2 is 2.07 bits per heavy atom. The molecule has 4 nitrogen and oxygen atoms in total. The molecule has 5 heteroatoms. The quantitative estimate of drug-likeness (QED) is 0.469. The fraction of sp³-hybridized carbons (Fsp3) is 0.222. The molecule has 0 heterocycles. The Morgan fingerprint density at radius 3 is 2.64 bits per heavy atom. The molecule has 0 aliphatic heterocycles. The van der Waals surface area contributed by atoms with Crippen molar-refractivity contribution in [3.8, 4) is 6.07 Å². The van der Waals surface area contributed by atoms with E-state index in [4.69, 9.17) is 16.1 Å². The van der Waals surface area contributed by atoms with Gasteiger partial charge in [0, 0.05) is 5.56 Å². The molecule has 0 saturated heterocycles. The third-order valence-electron chi connectivity index (χ3n) is 1.81. The van der Waals surface area contributed by atoms with Crippen molar-refractivity contribution in [2.45, 2.75) is 12.2 Å². The van der Waals surface area contributed by atoms with Crippen molar-refractivity contribution >= 4 is 5.69 Å². The molecule has 1 aromatic carbocycles. The van der Waals surface area contributed by atoms with Gasteiger partial charge in [0.05, 0.1) is 11.8 Å². The van der Waals surface area contributed by atoms with Crippen LogP contribution < -0.4 is 5.73 Å². The molecule has 0 aliphatic carbocycles. The second-order valence-electron chi connectivity index (χ2n) is 2.77. The summed E-state index contributed by atoms with van der Waals surface area (Å²) in [7, 11) is 0. The summed E-state index contributed by atoms with van der Waals surface area (Å²) < 4.78 is 13.2. The molecule has 1 rings (SSSR count). The van der Waals surface area contributed by atoms with E-state index in [9.17, 15) is 9.50 Å². The summed E-state index contributed by atoms with van der Waals surface area (Å²) in [6.07, 6.45) is -3.24. The molecule has 2 atom stereocenters. The molecule has 74 valence electrons. The van der Waals surface area contributed by atoms with Gasteiger partial charge >= 0.3 is 0 Å². The van der Waals surface area contributed by atoms with Gasteiger partial charge < -0.3 is 15.9 Å². The number of halogens is 1. The van der Waals surface area contributed by atoms with Gasteiger partial charge in [0.25, 0.3) is 0 Å². The first-order valence-corrected chi connectivity index (χ1v) is 3.87. The maximum absolute atomic E-state index is 13.2. The summed E-state index contributed by atoms with van der Waals surface area (Å²) in [6, 6.07) is 5.42. The number of nitrogen functional groups attached to an aromatic ring is 1. The molecule has 2 unspecified atom stereocenters. The van der Waals surface area contributed by atoms with Crippen LogP contribution in [0.5, 0.6) is 0 Å². The van der Waals surface area contributed by atoms with E-state index in [0.29, 0.717) is 0 Å². The van der Waals surface area contributed by atoms with Crippen molar-refractivity contribution in [3.63, 3.8) is 0 Å². The van der Waals surface area contributed by atoms with Gasteiger partial charge in [0.15, 0.2) is 11.9 Å². The molecule has 0 amide bonds. The minimum atomic E-state index is -1.66. The van der Waals surface area contributed by atoms with Crippen LogP contribution in [-0.2, 0) is 0 Å². The molecule has 0 bridgehead atoms. The highest BCUT2D eigenvalue weighted by molar-refractivity contribution is 5.44. The van der Waals surface area contributed by atoms with E-state index >= 15 is 0 Å². The fourth-order valence-electron chi connectivity index (χ4n) is 1.04. The van der Waals surface area contributed by atoms with E-state index in [0.717, 1.165) is 0 Å². The second-order valence-corrected chi connectivity index (χ2v) is 2.77. The number of nitrogens with two attached hydrogens (primary N) is 1. The lowest BCUT2D eigenvalue weighted by atomic mass is 10.0. The molecule has 0 fully saturated rings. The minimum absolute atomic E-state index is 0.133. The molecule has 0 saturated carbocycles. The SMILES string of the molecule is N#CC(O)C(O)c1cccc(N)c1F. The molecule has 1 aromatic rings. The Hall–Kier alpha value is -1.64. The van der Waals surface area contributed by atoms with Crippen molar-refractivity contribution in [2.75, 3.05) is 5.73 Å². The second kappa shape index (κ2) is 4.05. The number of aliphatic hydroxyl groups is 2. The number of hydrogen-bond donors (Lipinski definition) is 3. The summed E-state index contributed by atoms with van der Waals surface area (Å²) in [5.74, 6) is -0.811. The van der Waals surface area contributed by atoms with E-state index in [1.165, 1.54) is 24.3 Å². The van der Waals surface area contributed by atoms with Crippen molar-refractivity contribution < 1.29 is 14.6 Å². The predicted molar refractivity (Wildman–Crippen MR) is 47.4 cm³/mol. The molecule has 0 radical (unpaired) electrons. The van der Waals surface area contributed by atoms with Gasteiger partial charge in [-0.05, 0) is 6.07 Å². The third kappa shape index (κ3) is 1.82. The average Bonchev–Trinajstić information content (AvgIpc) is 2.20. The highest BCUT2D eigenvalue weighted by Gasteiger charge is 2.21. The zero-order valence-electron chi connectivity index (χ0n) is 7.18. The van der Waals surface area contributed by atoms with E-state index in [2.05, 4.69) is 0 Å². The van der Waals surface area contributed by atoms with Gasteiger partial charge in [-0.15, -0.1) is 0 Å². The lowest BCUT2D eigenvalue weighted by Crippen LogP contribution is -2.17. The number of aliphatic hydroxyl groups excluding tert-OH is 2. The Kier molecular flexibility index (Phi) is 3.02. The Morgan fingerprint density at radius 1 is 1.43 bits per heavy atom. The Labute approximate surface area is 80.0 Å². The van der Waals surface area contributed by atoms with E-state index < -0.39 is 18.0 Å². The van der Waals surface area contributed by atoms with Crippen molar-refractivity contribution in [1.82, 2.24) is 0 Å². The predicted octanol–water partition coefficient (Wildman–Crippen LogP) is 0.326. The van der Waals surface area contributed by atoms with Crippen LogP contribution >= 0.6 is 0 Å². The van der Waals surface area contributed by atoms with Gasteiger partial charge in [-0.25, -0.2) is 4.39 Å². The largest absolute Gasteiger partial charge is 0.396 e. The van der Waals surface area contributed by atoms with Gasteiger partial charge in [-0.3, -0.25) is 0 Å². The Balaban J connectivity index is 3.08. The monoisotopic (exact) mass is 196 g/mol. The van der Waals surface area contributed by atoms with Crippen molar-refractivity contribution in [3.05, 3.63) is 29.6 Å². The number of rotatable bonds is 2. The maximum atomic E-state index is 13.2. The van der Waals surface area contributed by atoms with Gasteiger partial charge in [0.2, 0.25) is 0 Å². The van der Waals surface area contributed by atoms with Crippen LogP contribution in [0.1, 0.15) is 11.7 Å². The van der Waals surface area contributed by atoms with Crippen LogP contribution in [0.2, 0.25) is 0 Å². The van der Waals surface area contributed by atoms with Crippen LogP contribution in [0, 0.1) is 17.1 Å². The number of nitrogens with zero attached hydrogens (tertiary/aromatic N) is 1. The molecule has 14 heavy (non-hydrogen) atoms. The van der Waals surface area contributed by atoms with Crippen LogP contribution in [0.25, 0.3) is 0 Å². The van der Waals surface area contributed by atoms with E-state index in [-0.39, 0.29) is 11.3 Å².